The summed E-state index contributed by atoms with van der Waals surface area (Å²) in [5.41, 5.74) is 4.32. The van der Waals surface area contributed by atoms with Gasteiger partial charge in [0.1, 0.15) is 0 Å². The summed E-state index contributed by atoms with van der Waals surface area (Å²) >= 11 is 1.79. The van der Waals surface area contributed by atoms with E-state index >= 15 is 0 Å². The van der Waals surface area contributed by atoms with Crippen molar-refractivity contribution in [3.8, 4) is 0 Å². The molecule has 0 fully saturated rings. The molecule has 2 aromatic rings. The first-order valence-electron chi connectivity index (χ1n) is 8.53. The van der Waals surface area contributed by atoms with Crippen LogP contribution in [0.2, 0.25) is 0 Å². The van der Waals surface area contributed by atoms with Gasteiger partial charge in [-0.1, -0.05) is 24.3 Å². The van der Waals surface area contributed by atoms with Crippen LogP contribution in [0.15, 0.2) is 40.7 Å². The molecule has 3 rings (SSSR count). The van der Waals surface area contributed by atoms with Crippen molar-refractivity contribution in [3.05, 3.63) is 57.3 Å². The predicted molar refractivity (Wildman–Crippen MR) is 103 cm³/mol. The van der Waals surface area contributed by atoms with Gasteiger partial charge in [0.05, 0.1) is 6.54 Å². The molecule has 0 bridgehead atoms. The van der Waals surface area contributed by atoms with E-state index in [9.17, 15) is 0 Å². The van der Waals surface area contributed by atoms with Crippen LogP contribution >= 0.6 is 11.3 Å². The minimum absolute atomic E-state index is 0.834. The van der Waals surface area contributed by atoms with E-state index in [1.165, 1.54) is 21.6 Å². The lowest BCUT2D eigenvalue weighted by Gasteiger charge is -2.28. The minimum Gasteiger partial charge on any atom is -0.355 e. The van der Waals surface area contributed by atoms with Gasteiger partial charge in [0.25, 0.3) is 0 Å². The van der Waals surface area contributed by atoms with Gasteiger partial charge in [0.2, 0.25) is 0 Å². The fraction of sp³-hybridized carbons (Fsp3) is 0.421. The van der Waals surface area contributed by atoms with E-state index in [2.05, 4.69) is 63.2 Å². The topological polar surface area (TPSA) is 39.7 Å². The Balaban J connectivity index is 1.41. The number of fused-ring (bicyclic) bond motifs is 1. The molecule has 24 heavy (non-hydrogen) atoms. The number of guanidine groups is 1. The third kappa shape index (κ3) is 4.36. The van der Waals surface area contributed by atoms with Gasteiger partial charge in [0, 0.05) is 38.1 Å². The van der Waals surface area contributed by atoms with Crippen LogP contribution in [0.4, 0.5) is 0 Å². The monoisotopic (exact) mass is 342 g/mol. The van der Waals surface area contributed by atoms with Crippen molar-refractivity contribution in [2.45, 2.75) is 26.4 Å². The smallest absolute Gasteiger partial charge is 0.191 e. The average Bonchev–Trinajstić information content (AvgIpc) is 3.03. The average molecular weight is 343 g/mol. The number of hydrogen-bond donors (Lipinski definition) is 2. The van der Waals surface area contributed by atoms with E-state index in [1.54, 1.807) is 11.3 Å². The molecular weight excluding hydrogens is 316 g/mol. The first kappa shape index (κ1) is 17.0. The molecular formula is C19H26N4S. The molecule has 2 heterocycles. The molecule has 0 saturated heterocycles. The van der Waals surface area contributed by atoms with Crippen LogP contribution in [0.25, 0.3) is 0 Å². The van der Waals surface area contributed by atoms with Crippen LogP contribution in [0.1, 0.15) is 21.6 Å². The molecule has 0 unspecified atom stereocenters. The van der Waals surface area contributed by atoms with Gasteiger partial charge in [-0.2, -0.15) is 0 Å². The Morgan fingerprint density at radius 2 is 2.04 bits per heavy atom. The van der Waals surface area contributed by atoms with E-state index in [1.807, 2.05) is 7.05 Å². The molecule has 5 heteroatoms. The number of nitrogens with zero attached hydrogens (tertiary/aromatic N) is 2. The fourth-order valence-electron chi connectivity index (χ4n) is 3.05. The molecule has 2 N–H and O–H groups in total. The Labute approximate surface area is 148 Å². The second-order valence-corrected chi connectivity index (χ2v) is 7.17. The summed E-state index contributed by atoms with van der Waals surface area (Å²) in [4.78, 5) is 8.19. The standard InChI is InChI=1S/C19H26N4S/c1-15-8-12-24-18(15)13-22-19(20-2)21-9-11-23-10-7-16-5-3-4-6-17(16)14-23/h3-6,8,12H,7,9-11,13-14H2,1-2H3,(H2,20,21,22). The Bertz CT molecular complexity index is 692. The zero-order valence-electron chi connectivity index (χ0n) is 14.5. The molecule has 0 saturated carbocycles. The molecule has 128 valence electrons. The molecule has 0 aliphatic carbocycles. The van der Waals surface area contributed by atoms with Crippen molar-refractivity contribution in [1.82, 2.24) is 15.5 Å². The summed E-state index contributed by atoms with van der Waals surface area (Å²) in [5.74, 6) is 0.875. The van der Waals surface area contributed by atoms with E-state index in [0.29, 0.717) is 0 Å². The summed E-state index contributed by atoms with van der Waals surface area (Å²) < 4.78 is 0. The van der Waals surface area contributed by atoms with Crippen molar-refractivity contribution in [3.63, 3.8) is 0 Å². The van der Waals surface area contributed by atoms with E-state index < -0.39 is 0 Å². The van der Waals surface area contributed by atoms with Crippen LogP contribution < -0.4 is 10.6 Å². The van der Waals surface area contributed by atoms with Crippen molar-refractivity contribution in [2.24, 2.45) is 4.99 Å². The van der Waals surface area contributed by atoms with Gasteiger partial charge in [-0.15, -0.1) is 11.3 Å². The maximum atomic E-state index is 4.32. The summed E-state index contributed by atoms with van der Waals surface area (Å²) in [6.45, 7) is 7.12. The SMILES string of the molecule is CN=C(NCCN1CCc2ccccc2C1)NCc1sccc1C. The molecule has 1 aromatic carbocycles. The Morgan fingerprint density at radius 1 is 1.21 bits per heavy atom. The van der Waals surface area contributed by atoms with Crippen molar-refractivity contribution < 1.29 is 0 Å². The van der Waals surface area contributed by atoms with Gasteiger partial charge in [-0.3, -0.25) is 9.89 Å². The maximum Gasteiger partial charge on any atom is 0.191 e. The highest BCUT2D eigenvalue weighted by Crippen LogP contribution is 2.17. The van der Waals surface area contributed by atoms with Crippen LogP contribution in [0.5, 0.6) is 0 Å². The second-order valence-electron chi connectivity index (χ2n) is 6.17. The quantitative estimate of drug-likeness (QED) is 0.648. The van der Waals surface area contributed by atoms with Crippen LogP contribution in [0, 0.1) is 6.92 Å². The van der Waals surface area contributed by atoms with Crippen molar-refractivity contribution >= 4 is 17.3 Å². The van der Waals surface area contributed by atoms with Gasteiger partial charge in [0.15, 0.2) is 5.96 Å². The highest BCUT2D eigenvalue weighted by molar-refractivity contribution is 7.10. The maximum absolute atomic E-state index is 4.32. The van der Waals surface area contributed by atoms with E-state index in [4.69, 9.17) is 0 Å². The molecule has 0 atom stereocenters. The third-order valence-corrected chi connectivity index (χ3v) is 5.56. The zero-order chi connectivity index (χ0) is 16.8. The lowest BCUT2D eigenvalue weighted by atomic mass is 10.00. The number of rotatable bonds is 5. The molecule has 0 amide bonds. The van der Waals surface area contributed by atoms with Crippen LogP contribution in [0.3, 0.4) is 0 Å². The first-order valence-corrected chi connectivity index (χ1v) is 9.41. The Hall–Kier alpha value is -1.85. The van der Waals surface area contributed by atoms with Gasteiger partial charge < -0.3 is 10.6 Å². The molecule has 0 spiro atoms. The summed E-state index contributed by atoms with van der Waals surface area (Å²) in [5, 5.41) is 8.96. The molecule has 1 aliphatic rings. The fourth-order valence-corrected chi connectivity index (χ4v) is 3.89. The van der Waals surface area contributed by atoms with Crippen molar-refractivity contribution in [1.29, 1.82) is 0 Å². The van der Waals surface area contributed by atoms with Crippen molar-refractivity contribution in [2.75, 3.05) is 26.7 Å². The highest BCUT2D eigenvalue weighted by atomic mass is 32.1. The third-order valence-electron chi connectivity index (χ3n) is 4.54. The Morgan fingerprint density at radius 3 is 2.79 bits per heavy atom. The summed E-state index contributed by atoms with van der Waals surface area (Å²) in [6, 6.07) is 10.9. The number of aryl methyl sites for hydroxylation is 1. The minimum atomic E-state index is 0.834. The zero-order valence-corrected chi connectivity index (χ0v) is 15.3. The van der Waals surface area contributed by atoms with Crippen LogP contribution in [-0.2, 0) is 19.5 Å². The molecule has 1 aliphatic heterocycles. The van der Waals surface area contributed by atoms with Gasteiger partial charge >= 0.3 is 0 Å². The molecule has 0 radical (unpaired) electrons. The Kier molecular flexibility index (Phi) is 5.88. The number of nitrogens with one attached hydrogen (secondary N) is 2. The van der Waals surface area contributed by atoms with Crippen LogP contribution in [-0.4, -0.2) is 37.5 Å². The van der Waals surface area contributed by atoms with Gasteiger partial charge in [-0.25, -0.2) is 0 Å². The first-order chi connectivity index (χ1) is 11.8. The summed E-state index contributed by atoms with van der Waals surface area (Å²) in [6.07, 6.45) is 1.15. The van der Waals surface area contributed by atoms with E-state index in [-0.39, 0.29) is 0 Å². The number of hydrogen-bond acceptors (Lipinski definition) is 3. The van der Waals surface area contributed by atoms with E-state index in [0.717, 1.165) is 45.1 Å². The molecule has 1 aromatic heterocycles. The lowest BCUT2D eigenvalue weighted by Crippen LogP contribution is -2.42. The molecule has 4 nitrogen and oxygen atoms in total. The lowest BCUT2D eigenvalue weighted by molar-refractivity contribution is 0.258. The summed E-state index contributed by atoms with van der Waals surface area (Å²) in [7, 11) is 1.83. The predicted octanol–water partition coefficient (Wildman–Crippen LogP) is 2.78. The number of thiophene rings is 1. The largest absolute Gasteiger partial charge is 0.355 e. The van der Waals surface area contributed by atoms with Gasteiger partial charge in [-0.05, 0) is 41.5 Å². The number of benzene rings is 1. The normalized spacial score (nSPS) is 15.2. The highest BCUT2D eigenvalue weighted by Gasteiger charge is 2.15. The number of aliphatic imine (C=N–C) groups is 1. The second kappa shape index (κ2) is 8.31.